The number of rotatable bonds is 3. The van der Waals surface area contributed by atoms with Crippen LogP contribution in [0.3, 0.4) is 0 Å². The summed E-state index contributed by atoms with van der Waals surface area (Å²) in [6.45, 7) is 1.86. The maximum absolute atomic E-state index is 12.0. The molecule has 0 fully saturated rings. The number of benzene rings is 2. The molecular formula is C15H13NO4. The number of aromatic carboxylic acids is 1. The molecule has 0 heterocycles. The Hall–Kier alpha value is -2.82. The fraction of sp³-hybridized carbons (Fsp3) is 0.0667. The predicted molar refractivity (Wildman–Crippen MR) is 74.2 cm³/mol. The van der Waals surface area contributed by atoms with E-state index in [9.17, 15) is 14.7 Å². The van der Waals surface area contributed by atoms with Crippen molar-refractivity contribution in [2.75, 3.05) is 5.32 Å². The van der Waals surface area contributed by atoms with Crippen molar-refractivity contribution in [1.82, 2.24) is 0 Å². The smallest absolute Gasteiger partial charge is 0.339 e. The monoisotopic (exact) mass is 271 g/mol. The Morgan fingerprint density at radius 3 is 2.45 bits per heavy atom. The van der Waals surface area contributed by atoms with E-state index in [-0.39, 0.29) is 11.3 Å². The second kappa shape index (κ2) is 5.44. The Balaban J connectivity index is 2.29. The number of amides is 1. The van der Waals surface area contributed by atoms with Crippen molar-refractivity contribution in [3.05, 3.63) is 59.2 Å². The van der Waals surface area contributed by atoms with Gasteiger partial charge in [-0.3, -0.25) is 4.79 Å². The second-order valence-electron chi connectivity index (χ2n) is 4.33. The number of phenols is 1. The molecule has 0 aromatic heterocycles. The van der Waals surface area contributed by atoms with Gasteiger partial charge in [0.25, 0.3) is 5.91 Å². The van der Waals surface area contributed by atoms with E-state index in [0.717, 1.165) is 5.56 Å². The normalized spacial score (nSPS) is 10.1. The van der Waals surface area contributed by atoms with Gasteiger partial charge in [-0.1, -0.05) is 23.8 Å². The van der Waals surface area contributed by atoms with E-state index in [1.54, 1.807) is 18.2 Å². The van der Waals surface area contributed by atoms with Gasteiger partial charge in [-0.2, -0.15) is 0 Å². The number of nitrogens with one attached hydrogen (secondary N) is 1. The van der Waals surface area contributed by atoms with Crippen LogP contribution in [0, 0.1) is 6.92 Å². The summed E-state index contributed by atoms with van der Waals surface area (Å²) in [6.07, 6.45) is 0. The van der Waals surface area contributed by atoms with Gasteiger partial charge in [0.1, 0.15) is 5.56 Å². The minimum atomic E-state index is -1.26. The summed E-state index contributed by atoms with van der Waals surface area (Å²) in [6, 6.07) is 11.1. The number of hydrogen-bond acceptors (Lipinski definition) is 3. The Labute approximate surface area is 115 Å². The van der Waals surface area contributed by atoms with Crippen molar-refractivity contribution in [3.63, 3.8) is 0 Å². The topological polar surface area (TPSA) is 86.6 Å². The molecule has 2 aromatic rings. The molecule has 0 atom stereocenters. The lowest BCUT2D eigenvalue weighted by molar-refractivity contribution is 0.0693. The zero-order valence-electron chi connectivity index (χ0n) is 10.8. The maximum Gasteiger partial charge on any atom is 0.339 e. The average molecular weight is 271 g/mol. The lowest BCUT2D eigenvalue weighted by atomic mass is 10.1. The lowest BCUT2D eigenvalue weighted by Gasteiger charge is -2.09. The first-order chi connectivity index (χ1) is 9.49. The van der Waals surface area contributed by atoms with Crippen LogP contribution in [0.4, 0.5) is 5.69 Å². The molecule has 0 saturated carbocycles. The van der Waals surface area contributed by atoms with E-state index in [2.05, 4.69) is 5.32 Å². The quantitative estimate of drug-likeness (QED) is 0.749. The third kappa shape index (κ3) is 2.77. The number of carbonyl (C=O) groups excluding carboxylic acids is 1. The van der Waals surface area contributed by atoms with Crippen LogP contribution in [-0.2, 0) is 0 Å². The van der Waals surface area contributed by atoms with E-state index in [4.69, 9.17) is 5.11 Å². The molecule has 3 N–H and O–H groups in total. The van der Waals surface area contributed by atoms with E-state index in [0.29, 0.717) is 5.56 Å². The van der Waals surface area contributed by atoms with Gasteiger partial charge in [0.05, 0.1) is 5.69 Å². The molecule has 0 radical (unpaired) electrons. The van der Waals surface area contributed by atoms with Crippen LogP contribution < -0.4 is 5.32 Å². The molecule has 0 saturated heterocycles. The number of aryl methyl sites for hydroxylation is 1. The SMILES string of the molecule is Cc1cccc(C(=O)Nc2cccc(C(=O)O)c2O)c1. The molecule has 0 aliphatic carbocycles. The van der Waals surface area contributed by atoms with Crippen molar-refractivity contribution >= 4 is 17.6 Å². The summed E-state index contributed by atoms with van der Waals surface area (Å²) >= 11 is 0. The first-order valence-electron chi connectivity index (χ1n) is 5.92. The zero-order chi connectivity index (χ0) is 14.7. The van der Waals surface area contributed by atoms with Crippen LogP contribution in [0.15, 0.2) is 42.5 Å². The molecule has 102 valence electrons. The fourth-order valence-corrected chi connectivity index (χ4v) is 1.80. The Bertz CT molecular complexity index is 679. The highest BCUT2D eigenvalue weighted by Gasteiger charge is 2.15. The molecule has 0 aliphatic rings. The molecule has 0 spiro atoms. The molecule has 5 heteroatoms. The maximum atomic E-state index is 12.0. The van der Waals surface area contributed by atoms with Gasteiger partial charge >= 0.3 is 5.97 Å². The second-order valence-corrected chi connectivity index (χ2v) is 4.33. The van der Waals surface area contributed by atoms with Gasteiger partial charge in [-0.05, 0) is 31.2 Å². The van der Waals surface area contributed by atoms with Crippen LogP contribution >= 0.6 is 0 Å². The lowest BCUT2D eigenvalue weighted by Crippen LogP contribution is -2.12. The Morgan fingerprint density at radius 1 is 1.10 bits per heavy atom. The number of para-hydroxylation sites is 1. The zero-order valence-corrected chi connectivity index (χ0v) is 10.8. The van der Waals surface area contributed by atoms with Gasteiger partial charge < -0.3 is 15.5 Å². The summed E-state index contributed by atoms with van der Waals surface area (Å²) in [7, 11) is 0. The van der Waals surface area contributed by atoms with Crippen molar-refractivity contribution in [3.8, 4) is 5.75 Å². The molecule has 0 aliphatic heterocycles. The van der Waals surface area contributed by atoms with Gasteiger partial charge in [-0.15, -0.1) is 0 Å². The number of carbonyl (C=O) groups is 2. The van der Waals surface area contributed by atoms with Crippen LogP contribution in [-0.4, -0.2) is 22.1 Å². The molecule has 5 nitrogen and oxygen atoms in total. The molecule has 0 unspecified atom stereocenters. The summed E-state index contributed by atoms with van der Waals surface area (Å²) in [5.41, 5.74) is 1.18. The first-order valence-corrected chi connectivity index (χ1v) is 5.92. The van der Waals surface area contributed by atoms with E-state index >= 15 is 0 Å². The Morgan fingerprint density at radius 2 is 1.80 bits per heavy atom. The third-order valence-electron chi connectivity index (χ3n) is 2.79. The fourth-order valence-electron chi connectivity index (χ4n) is 1.80. The molecular weight excluding hydrogens is 258 g/mol. The highest BCUT2D eigenvalue weighted by Crippen LogP contribution is 2.27. The highest BCUT2D eigenvalue weighted by atomic mass is 16.4. The van der Waals surface area contributed by atoms with Gasteiger partial charge in [0.15, 0.2) is 5.75 Å². The largest absolute Gasteiger partial charge is 0.505 e. The number of anilines is 1. The summed E-state index contributed by atoms with van der Waals surface area (Å²) in [4.78, 5) is 22.9. The molecule has 20 heavy (non-hydrogen) atoms. The highest BCUT2D eigenvalue weighted by molar-refractivity contribution is 6.06. The predicted octanol–water partition coefficient (Wildman–Crippen LogP) is 2.65. The van der Waals surface area contributed by atoms with E-state index in [1.165, 1.54) is 18.2 Å². The van der Waals surface area contributed by atoms with Crippen LogP contribution in [0.2, 0.25) is 0 Å². The standard InChI is InChI=1S/C15H13NO4/c1-9-4-2-5-10(8-9)14(18)16-12-7-3-6-11(13(12)17)15(19)20/h2-8,17H,1H3,(H,16,18)(H,19,20). The molecule has 1 amide bonds. The van der Waals surface area contributed by atoms with Crippen molar-refractivity contribution in [2.24, 2.45) is 0 Å². The van der Waals surface area contributed by atoms with E-state index in [1.807, 2.05) is 13.0 Å². The minimum absolute atomic E-state index is 0.0661. The summed E-state index contributed by atoms with van der Waals surface area (Å²) < 4.78 is 0. The van der Waals surface area contributed by atoms with Crippen LogP contribution in [0.1, 0.15) is 26.3 Å². The minimum Gasteiger partial charge on any atom is -0.505 e. The number of hydrogen-bond donors (Lipinski definition) is 3. The average Bonchev–Trinajstić information content (AvgIpc) is 2.40. The molecule has 2 aromatic carbocycles. The number of aromatic hydroxyl groups is 1. The van der Waals surface area contributed by atoms with E-state index < -0.39 is 17.6 Å². The van der Waals surface area contributed by atoms with Crippen molar-refractivity contribution in [2.45, 2.75) is 6.92 Å². The van der Waals surface area contributed by atoms with Crippen molar-refractivity contribution < 1.29 is 19.8 Å². The Kier molecular flexibility index (Phi) is 3.70. The van der Waals surface area contributed by atoms with Gasteiger partial charge in [0.2, 0.25) is 0 Å². The van der Waals surface area contributed by atoms with Crippen molar-refractivity contribution in [1.29, 1.82) is 0 Å². The molecule has 2 rings (SSSR count). The van der Waals surface area contributed by atoms with Crippen LogP contribution in [0.25, 0.3) is 0 Å². The van der Waals surface area contributed by atoms with Gasteiger partial charge in [-0.25, -0.2) is 4.79 Å². The molecule has 0 bridgehead atoms. The van der Waals surface area contributed by atoms with Gasteiger partial charge in [0, 0.05) is 5.56 Å². The first kappa shape index (κ1) is 13.6. The summed E-state index contributed by atoms with van der Waals surface area (Å²) in [5, 5.41) is 21.2. The number of carboxylic acid groups (broad SMARTS) is 1. The number of carboxylic acids is 1. The van der Waals surface area contributed by atoms with Crippen LogP contribution in [0.5, 0.6) is 5.75 Å². The summed E-state index contributed by atoms with van der Waals surface area (Å²) in [5.74, 6) is -2.12. The third-order valence-corrected chi connectivity index (χ3v) is 2.79.